The van der Waals surface area contributed by atoms with Crippen LogP contribution in [0.25, 0.3) is 0 Å². The van der Waals surface area contributed by atoms with E-state index in [0.29, 0.717) is 19.6 Å². The first-order chi connectivity index (χ1) is 16.9. The van der Waals surface area contributed by atoms with Gasteiger partial charge in [0, 0.05) is 12.0 Å². The SMILES string of the molecule is CCCCCCCCc1ccc(OCCCOC(=O)C(CC)C[N+](C)(C)Cc2ccccc2)cc1. The van der Waals surface area contributed by atoms with E-state index in [1.807, 2.05) is 6.07 Å². The van der Waals surface area contributed by atoms with Gasteiger partial charge < -0.3 is 14.0 Å². The maximum atomic E-state index is 12.7. The molecule has 1 unspecified atom stereocenters. The second-order valence-corrected chi connectivity index (χ2v) is 10.4. The van der Waals surface area contributed by atoms with E-state index in [1.54, 1.807) is 0 Å². The fourth-order valence-electron chi connectivity index (χ4n) is 4.51. The van der Waals surface area contributed by atoms with Gasteiger partial charge in [-0.25, -0.2) is 0 Å². The summed E-state index contributed by atoms with van der Waals surface area (Å²) in [7, 11) is 4.35. The summed E-state index contributed by atoms with van der Waals surface area (Å²) in [6.45, 7) is 6.94. The Balaban J connectivity index is 1.62. The summed E-state index contributed by atoms with van der Waals surface area (Å²) in [5, 5.41) is 0. The third-order valence-electron chi connectivity index (χ3n) is 6.54. The lowest BCUT2D eigenvalue weighted by Crippen LogP contribution is -2.44. The Labute approximate surface area is 214 Å². The van der Waals surface area contributed by atoms with Crippen LogP contribution in [0.3, 0.4) is 0 Å². The normalized spacial score (nSPS) is 12.3. The van der Waals surface area contributed by atoms with Crippen LogP contribution in [0, 0.1) is 5.92 Å². The van der Waals surface area contributed by atoms with Crippen molar-refractivity contribution in [1.82, 2.24) is 0 Å². The molecule has 0 bridgehead atoms. The highest BCUT2D eigenvalue weighted by Crippen LogP contribution is 2.17. The molecule has 0 saturated carbocycles. The summed E-state index contributed by atoms with van der Waals surface area (Å²) < 4.78 is 12.2. The molecule has 0 aliphatic rings. The number of hydrogen-bond donors (Lipinski definition) is 0. The summed E-state index contributed by atoms with van der Waals surface area (Å²) in [6, 6.07) is 18.9. The Morgan fingerprint density at radius 2 is 1.49 bits per heavy atom. The molecule has 2 aromatic rings. The van der Waals surface area contributed by atoms with Crippen molar-refractivity contribution in [3.05, 3.63) is 65.7 Å². The molecule has 2 rings (SSSR count). The van der Waals surface area contributed by atoms with Gasteiger partial charge in [-0.1, -0.05) is 88.4 Å². The molecule has 0 aliphatic carbocycles. The van der Waals surface area contributed by atoms with Gasteiger partial charge in [-0.3, -0.25) is 4.79 Å². The van der Waals surface area contributed by atoms with Gasteiger partial charge in [-0.2, -0.15) is 0 Å². The Bertz CT molecular complexity index is 817. The molecule has 0 radical (unpaired) electrons. The summed E-state index contributed by atoms with van der Waals surface area (Å²) in [5.41, 5.74) is 2.66. The van der Waals surface area contributed by atoms with Gasteiger partial charge in [0.2, 0.25) is 0 Å². The lowest BCUT2D eigenvalue weighted by Gasteiger charge is -2.32. The van der Waals surface area contributed by atoms with Gasteiger partial charge in [0.05, 0.1) is 33.9 Å². The van der Waals surface area contributed by atoms with E-state index in [4.69, 9.17) is 9.47 Å². The van der Waals surface area contributed by atoms with Crippen molar-refractivity contribution in [2.24, 2.45) is 5.92 Å². The van der Waals surface area contributed by atoms with Crippen LogP contribution in [0.1, 0.15) is 76.3 Å². The molecule has 0 saturated heterocycles. The zero-order valence-electron chi connectivity index (χ0n) is 22.6. The predicted octanol–water partition coefficient (Wildman–Crippen LogP) is 7.20. The third kappa shape index (κ3) is 12.3. The van der Waals surface area contributed by atoms with Gasteiger partial charge in [-0.15, -0.1) is 0 Å². The number of rotatable bonds is 18. The Morgan fingerprint density at radius 3 is 2.17 bits per heavy atom. The van der Waals surface area contributed by atoms with E-state index in [2.05, 4.69) is 76.5 Å². The van der Waals surface area contributed by atoms with Crippen molar-refractivity contribution in [3.8, 4) is 5.75 Å². The molecule has 0 N–H and O–H groups in total. The molecule has 0 aromatic heterocycles. The molecular formula is C31H48NO3+. The maximum Gasteiger partial charge on any atom is 0.314 e. The van der Waals surface area contributed by atoms with Crippen LogP contribution in [0.4, 0.5) is 0 Å². The minimum absolute atomic E-state index is 0.0891. The first kappa shape index (κ1) is 28.9. The smallest absolute Gasteiger partial charge is 0.314 e. The summed E-state index contributed by atoms with van der Waals surface area (Å²) in [5.74, 6) is 0.703. The Kier molecular flexibility index (Phi) is 13.5. The zero-order chi connectivity index (χ0) is 25.4. The second kappa shape index (κ2) is 16.4. The van der Waals surface area contributed by atoms with Crippen molar-refractivity contribution in [2.75, 3.05) is 33.9 Å². The zero-order valence-corrected chi connectivity index (χ0v) is 22.6. The number of hydrogen-bond acceptors (Lipinski definition) is 3. The van der Waals surface area contributed by atoms with Gasteiger partial charge in [0.25, 0.3) is 0 Å². The van der Waals surface area contributed by atoms with Crippen LogP contribution < -0.4 is 4.74 Å². The molecule has 194 valence electrons. The minimum Gasteiger partial charge on any atom is -0.493 e. The van der Waals surface area contributed by atoms with Crippen LogP contribution in [0.2, 0.25) is 0 Å². The average Bonchev–Trinajstić information content (AvgIpc) is 2.85. The number of quaternary nitrogens is 1. The fourth-order valence-corrected chi connectivity index (χ4v) is 4.51. The standard InChI is InChI=1S/C31H48NO3/c1-5-7-8-9-10-12-16-27-19-21-30(22-20-27)34-23-15-24-35-31(33)29(6-2)26-32(3,4)25-28-17-13-11-14-18-28/h11,13-14,17-22,29H,5-10,12,15-16,23-26H2,1-4H3/q+1. The minimum atomic E-state index is -0.0918. The lowest BCUT2D eigenvalue weighted by molar-refractivity contribution is -0.906. The molecule has 0 aliphatic heterocycles. The van der Waals surface area contributed by atoms with Crippen LogP contribution in [0.5, 0.6) is 5.75 Å². The van der Waals surface area contributed by atoms with E-state index >= 15 is 0 Å². The quantitative estimate of drug-likeness (QED) is 0.128. The summed E-state index contributed by atoms with van der Waals surface area (Å²) >= 11 is 0. The van der Waals surface area contributed by atoms with Crippen LogP contribution in [-0.2, 0) is 22.5 Å². The highest BCUT2D eigenvalue weighted by Gasteiger charge is 2.27. The Hall–Kier alpha value is -2.33. The van der Waals surface area contributed by atoms with Crippen molar-refractivity contribution in [1.29, 1.82) is 0 Å². The fraction of sp³-hybridized carbons (Fsp3) is 0.581. The highest BCUT2D eigenvalue weighted by atomic mass is 16.5. The van der Waals surface area contributed by atoms with Gasteiger partial charge in [-0.05, 0) is 37.0 Å². The van der Waals surface area contributed by atoms with Crippen molar-refractivity contribution >= 4 is 5.97 Å². The van der Waals surface area contributed by atoms with Crippen molar-refractivity contribution in [2.45, 2.75) is 78.2 Å². The van der Waals surface area contributed by atoms with E-state index in [9.17, 15) is 4.79 Å². The molecule has 0 fully saturated rings. The molecule has 4 nitrogen and oxygen atoms in total. The topological polar surface area (TPSA) is 35.5 Å². The number of carbonyl (C=O) groups excluding carboxylic acids is 1. The number of ether oxygens (including phenoxy) is 2. The van der Waals surface area contributed by atoms with Gasteiger partial charge in [0.15, 0.2) is 0 Å². The number of aryl methyl sites for hydroxylation is 1. The number of esters is 1. The van der Waals surface area contributed by atoms with Crippen molar-refractivity contribution in [3.63, 3.8) is 0 Å². The number of unbranched alkanes of at least 4 members (excludes halogenated alkanes) is 5. The first-order valence-corrected chi connectivity index (χ1v) is 13.7. The second-order valence-electron chi connectivity index (χ2n) is 10.4. The lowest BCUT2D eigenvalue weighted by atomic mass is 10.0. The maximum absolute atomic E-state index is 12.7. The number of benzene rings is 2. The van der Waals surface area contributed by atoms with Crippen LogP contribution in [0.15, 0.2) is 54.6 Å². The monoisotopic (exact) mass is 482 g/mol. The largest absolute Gasteiger partial charge is 0.493 e. The molecule has 2 aromatic carbocycles. The van der Waals surface area contributed by atoms with Crippen LogP contribution >= 0.6 is 0 Å². The molecular weight excluding hydrogens is 434 g/mol. The van der Waals surface area contributed by atoms with E-state index < -0.39 is 0 Å². The average molecular weight is 483 g/mol. The first-order valence-electron chi connectivity index (χ1n) is 13.7. The third-order valence-corrected chi connectivity index (χ3v) is 6.54. The number of nitrogens with zero attached hydrogens (tertiary/aromatic N) is 1. The molecule has 1 atom stereocenters. The van der Waals surface area contributed by atoms with E-state index in [1.165, 1.54) is 49.7 Å². The van der Waals surface area contributed by atoms with Crippen LogP contribution in [-0.4, -0.2) is 44.3 Å². The number of carbonyl (C=O) groups is 1. The molecule has 35 heavy (non-hydrogen) atoms. The van der Waals surface area contributed by atoms with Gasteiger partial charge >= 0.3 is 5.97 Å². The van der Waals surface area contributed by atoms with E-state index in [-0.39, 0.29) is 11.9 Å². The van der Waals surface area contributed by atoms with Gasteiger partial charge in [0.1, 0.15) is 18.2 Å². The van der Waals surface area contributed by atoms with E-state index in [0.717, 1.165) is 36.2 Å². The summed E-state index contributed by atoms with van der Waals surface area (Å²) in [6.07, 6.45) is 10.6. The van der Waals surface area contributed by atoms with Crippen molar-refractivity contribution < 1.29 is 18.8 Å². The molecule has 0 amide bonds. The Morgan fingerprint density at radius 1 is 0.800 bits per heavy atom. The highest BCUT2D eigenvalue weighted by molar-refractivity contribution is 5.72. The molecule has 0 spiro atoms. The molecule has 0 heterocycles. The predicted molar refractivity (Wildman–Crippen MR) is 145 cm³/mol. The molecule has 4 heteroatoms. The summed E-state index contributed by atoms with van der Waals surface area (Å²) in [4.78, 5) is 12.7.